The highest BCUT2D eigenvalue weighted by atomic mass is 79.9. The van der Waals surface area contributed by atoms with Gasteiger partial charge in [0.05, 0.1) is 0 Å². The number of hydrogen-bond donors (Lipinski definition) is 0. The lowest BCUT2D eigenvalue weighted by atomic mass is 10.4. The minimum absolute atomic E-state index is 0.338. The lowest BCUT2D eigenvalue weighted by Crippen LogP contribution is -2.44. The molecule has 0 saturated carbocycles. The van der Waals surface area contributed by atoms with Crippen LogP contribution in [0.25, 0.3) is 0 Å². The molecule has 1 aromatic rings. The van der Waals surface area contributed by atoms with Gasteiger partial charge in [-0.05, 0) is 29.3 Å². The van der Waals surface area contributed by atoms with E-state index in [0.717, 1.165) is 11.2 Å². The number of halogens is 1. The molecule has 0 aliphatic heterocycles. The average molecular weight is 277 g/mol. The molecule has 0 radical (unpaired) electrons. The van der Waals surface area contributed by atoms with E-state index in [9.17, 15) is 9.59 Å². The molecule has 0 bridgehead atoms. The van der Waals surface area contributed by atoms with Crippen molar-refractivity contribution in [3.05, 3.63) is 31.0 Å². The smallest absolute Gasteiger partial charge is 0.364 e. The van der Waals surface area contributed by atoms with Crippen molar-refractivity contribution in [2.45, 2.75) is 20.3 Å². The Bertz CT molecular complexity index is 438. The highest BCUT2D eigenvalue weighted by Gasteiger charge is 2.12. The third-order valence-corrected chi connectivity index (χ3v) is 2.99. The predicted molar refractivity (Wildman–Crippen MR) is 60.1 cm³/mol. The lowest BCUT2D eigenvalue weighted by Gasteiger charge is -2.11. The SMILES string of the molecule is CCCOn1c(=O)c(Br)c(C)n(C)c1=O. The van der Waals surface area contributed by atoms with Gasteiger partial charge in [-0.2, -0.15) is 0 Å². The van der Waals surface area contributed by atoms with Crippen molar-refractivity contribution in [1.29, 1.82) is 0 Å². The molecular weight excluding hydrogens is 264 g/mol. The summed E-state index contributed by atoms with van der Waals surface area (Å²) in [5.41, 5.74) is -0.334. The molecule has 0 aromatic carbocycles. The first-order chi connectivity index (χ1) is 7.00. The third kappa shape index (κ3) is 2.14. The van der Waals surface area contributed by atoms with Gasteiger partial charge in [-0.25, -0.2) is 4.79 Å². The summed E-state index contributed by atoms with van der Waals surface area (Å²) in [5, 5.41) is 0. The standard InChI is InChI=1S/C9H13BrN2O3/c1-4-5-15-12-8(13)7(10)6(2)11(3)9(12)14/h4-5H2,1-3H3. The summed E-state index contributed by atoms with van der Waals surface area (Å²) < 4.78 is 2.49. The summed E-state index contributed by atoms with van der Waals surface area (Å²) in [6.07, 6.45) is 0.737. The van der Waals surface area contributed by atoms with E-state index in [1.54, 1.807) is 14.0 Å². The molecule has 0 saturated heterocycles. The summed E-state index contributed by atoms with van der Waals surface area (Å²) >= 11 is 3.13. The Morgan fingerprint density at radius 3 is 2.53 bits per heavy atom. The fraction of sp³-hybridized carbons (Fsp3) is 0.556. The molecule has 6 heteroatoms. The number of hydrogen-bond acceptors (Lipinski definition) is 3. The molecular formula is C9H13BrN2O3. The summed E-state index contributed by atoms with van der Waals surface area (Å²) in [5.74, 6) is 0. The minimum Gasteiger partial charge on any atom is -0.406 e. The Hall–Kier alpha value is -1.04. The fourth-order valence-corrected chi connectivity index (χ4v) is 1.48. The van der Waals surface area contributed by atoms with Gasteiger partial charge in [-0.15, -0.1) is 0 Å². The number of rotatable bonds is 3. The van der Waals surface area contributed by atoms with Crippen LogP contribution in [-0.2, 0) is 7.05 Å². The largest absolute Gasteiger partial charge is 0.406 e. The Labute approximate surface area is 95.4 Å². The molecule has 0 aliphatic rings. The van der Waals surface area contributed by atoms with E-state index in [2.05, 4.69) is 15.9 Å². The van der Waals surface area contributed by atoms with Crippen LogP contribution < -0.4 is 16.1 Å². The van der Waals surface area contributed by atoms with Gasteiger partial charge in [0, 0.05) is 12.7 Å². The molecule has 84 valence electrons. The molecule has 1 aromatic heterocycles. The second-order valence-electron chi connectivity index (χ2n) is 3.17. The molecule has 1 heterocycles. The second-order valence-corrected chi connectivity index (χ2v) is 3.97. The highest BCUT2D eigenvalue weighted by Crippen LogP contribution is 2.06. The van der Waals surface area contributed by atoms with Gasteiger partial charge in [0.25, 0.3) is 0 Å². The monoisotopic (exact) mass is 276 g/mol. The zero-order chi connectivity index (χ0) is 11.6. The third-order valence-electron chi connectivity index (χ3n) is 2.08. The zero-order valence-corrected chi connectivity index (χ0v) is 10.5. The van der Waals surface area contributed by atoms with Gasteiger partial charge in [-0.1, -0.05) is 11.7 Å². The molecule has 0 atom stereocenters. The maximum Gasteiger partial charge on any atom is 0.364 e. The van der Waals surface area contributed by atoms with Crippen molar-refractivity contribution < 1.29 is 4.84 Å². The number of nitrogens with zero attached hydrogens (tertiary/aromatic N) is 2. The number of aromatic nitrogens is 2. The highest BCUT2D eigenvalue weighted by molar-refractivity contribution is 9.10. The topological polar surface area (TPSA) is 53.2 Å². The normalized spacial score (nSPS) is 10.4. The van der Waals surface area contributed by atoms with Gasteiger partial charge in [0.2, 0.25) is 0 Å². The first-order valence-corrected chi connectivity index (χ1v) is 5.41. The van der Waals surface area contributed by atoms with Crippen molar-refractivity contribution in [3.63, 3.8) is 0 Å². The van der Waals surface area contributed by atoms with E-state index < -0.39 is 11.2 Å². The summed E-state index contributed by atoms with van der Waals surface area (Å²) in [6, 6.07) is 0. The Morgan fingerprint density at radius 1 is 1.40 bits per heavy atom. The Balaban J connectivity index is 3.40. The molecule has 15 heavy (non-hydrogen) atoms. The van der Waals surface area contributed by atoms with Crippen molar-refractivity contribution in [1.82, 2.24) is 9.30 Å². The van der Waals surface area contributed by atoms with Gasteiger partial charge in [-0.3, -0.25) is 9.36 Å². The Kier molecular flexibility index (Phi) is 3.73. The quantitative estimate of drug-likeness (QED) is 0.806. The molecule has 0 unspecified atom stereocenters. The van der Waals surface area contributed by atoms with E-state index in [-0.39, 0.29) is 0 Å². The van der Waals surface area contributed by atoms with Crippen LogP contribution in [0.4, 0.5) is 0 Å². The van der Waals surface area contributed by atoms with E-state index in [4.69, 9.17) is 4.84 Å². The zero-order valence-electron chi connectivity index (χ0n) is 8.91. The fourth-order valence-electron chi connectivity index (χ4n) is 1.05. The first-order valence-electron chi connectivity index (χ1n) is 4.62. The van der Waals surface area contributed by atoms with Crippen LogP contribution in [0.3, 0.4) is 0 Å². The van der Waals surface area contributed by atoms with Crippen LogP contribution in [0.15, 0.2) is 14.1 Å². The van der Waals surface area contributed by atoms with Gasteiger partial charge in [0.1, 0.15) is 11.1 Å². The van der Waals surface area contributed by atoms with Crippen molar-refractivity contribution in [3.8, 4) is 0 Å². The summed E-state index contributed by atoms with van der Waals surface area (Å²) in [4.78, 5) is 28.4. The van der Waals surface area contributed by atoms with E-state index in [1.165, 1.54) is 4.57 Å². The molecule has 0 N–H and O–H groups in total. The first kappa shape index (κ1) is 12.0. The maximum atomic E-state index is 11.6. The van der Waals surface area contributed by atoms with Crippen molar-refractivity contribution in [2.24, 2.45) is 7.05 Å². The summed E-state index contributed by atoms with van der Waals surface area (Å²) in [6.45, 7) is 3.93. The molecule has 0 aliphatic carbocycles. The van der Waals surface area contributed by atoms with Crippen LogP contribution in [0.5, 0.6) is 0 Å². The predicted octanol–water partition coefficient (Wildman–Crippen LogP) is 0.457. The van der Waals surface area contributed by atoms with E-state index in [0.29, 0.717) is 16.8 Å². The van der Waals surface area contributed by atoms with Crippen molar-refractivity contribution in [2.75, 3.05) is 6.61 Å². The van der Waals surface area contributed by atoms with Crippen LogP contribution in [-0.4, -0.2) is 15.9 Å². The van der Waals surface area contributed by atoms with Gasteiger partial charge >= 0.3 is 11.2 Å². The second kappa shape index (κ2) is 4.65. The molecule has 5 nitrogen and oxygen atoms in total. The Morgan fingerprint density at radius 2 is 2.00 bits per heavy atom. The molecule has 1 rings (SSSR count). The maximum absolute atomic E-state index is 11.6. The molecule has 0 fully saturated rings. The summed E-state index contributed by atoms with van der Waals surface area (Å²) in [7, 11) is 1.59. The van der Waals surface area contributed by atoms with Crippen LogP contribution in [0.2, 0.25) is 0 Å². The van der Waals surface area contributed by atoms with Crippen LogP contribution >= 0.6 is 15.9 Å². The van der Waals surface area contributed by atoms with E-state index in [1.807, 2.05) is 6.92 Å². The average Bonchev–Trinajstić information content (AvgIpc) is 2.24. The van der Waals surface area contributed by atoms with Gasteiger partial charge < -0.3 is 4.84 Å². The van der Waals surface area contributed by atoms with Crippen molar-refractivity contribution >= 4 is 15.9 Å². The van der Waals surface area contributed by atoms with E-state index >= 15 is 0 Å². The van der Waals surface area contributed by atoms with Crippen LogP contribution in [0.1, 0.15) is 19.0 Å². The van der Waals surface area contributed by atoms with Crippen LogP contribution in [0, 0.1) is 6.92 Å². The lowest BCUT2D eigenvalue weighted by molar-refractivity contribution is 0.0879. The molecule has 0 spiro atoms. The minimum atomic E-state index is -0.464. The van der Waals surface area contributed by atoms with Gasteiger partial charge in [0.15, 0.2) is 0 Å². The molecule has 0 amide bonds.